The van der Waals surface area contributed by atoms with Crippen molar-refractivity contribution in [2.45, 2.75) is 25.9 Å². The fourth-order valence-corrected chi connectivity index (χ4v) is 6.24. The van der Waals surface area contributed by atoms with E-state index in [4.69, 9.17) is 4.52 Å². The Kier molecular flexibility index (Phi) is 11.4. The van der Waals surface area contributed by atoms with Gasteiger partial charge in [0, 0.05) is 49.2 Å². The first-order valence-electron chi connectivity index (χ1n) is 13.7. The fraction of sp³-hybridized carbons (Fsp3) is 0.400. The number of nitrogens with zero attached hydrogens (tertiary/aromatic N) is 3. The largest absolute Gasteiger partial charge is 0.422 e. The Labute approximate surface area is 238 Å². The predicted molar refractivity (Wildman–Crippen MR) is 161 cm³/mol. The second-order valence-corrected chi connectivity index (χ2v) is 13.4. The van der Waals surface area contributed by atoms with Crippen LogP contribution in [0.1, 0.15) is 24.0 Å². The van der Waals surface area contributed by atoms with E-state index in [1.165, 1.54) is 35.4 Å². The zero-order valence-corrected chi connectivity index (χ0v) is 25.1. The molecule has 0 fully saturated rings. The number of nitro groups is 1. The maximum absolute atomic E-state index is 13.8. The Morgan fingerprint density at radius 3 is 1.55 bits per heavy atom. The standard InChI is InChI=1S/C30H44N5O4P/c1-34(2,25-27-13-7-5-8-14-27)23-11-21-31-40(38,39-30-19-17-29(18-20-30)33(36)37)32-22-12-24-35(3,4)26-28-15-9-6-10-16-28/h5-10,13-20H,11-12,21-26H2,1-4H3,(H2,31,32,38)/q+2. The summed E-state index contributed by atoms with van der Waals surface area (Å²) in [7, 11) is 5.29. The number of hydrogen-bond donors (Lipinski definition) is 2. The molecule has 40 heavy (non-hydrogen) atoms. The van der Waals surface area contributed by atoms with Crippen molar-refractivity contribution in [3.8, 4) is 5.75 Å². The van der Waals surface area contributed by atoms with Crippen molar-refractivity contribution in [2.24, 2.45) is 0 Å². The van der Waals surface area contributed by atoms with E-state index in [2.05, 4.69) is 86.9 Å². The van der Waals surface area contributed by atoms with Crippen LogP contribution in [0.5, 0.6) is 5.75 Å². The zero-order valence-electron chi connectivity index (χ0n) is 24.2. The van der Waals surface area contributed by atoms with E-state index in [1.54, 1.807) is 0 Å². The van der Waals surface area contributed by atoms with E-state index in [-0.39, 0.29) is 5.69 Å². The van der Waals surface area contributed by atoms with Gasteiger partial charge in [-0.2, -0.15) is 0 Å². The quantitative estimate of drug-likeness (QED) is 0.0724. The second-order valence-electron chi connectivity index (χ2n) is 11.5. The topological polar surface area (TPSA) is 93.5 Å². The Balaban J connectivity index is 1.56. The molecule has 2 N–H and O–H groups in total. The Bertz CT molecular complexity index is 1170. The molecule has 0 aliphatic carbocycles. The molecular formula is C30H44N5O4P+2. The van der Waals surface area contributed by atoms with Gasteiger partial charge in [-0.25, -0.2) is 14.7 Å². The van der Waals surface area contributed by atoms with Gasteiger partial charge in [0.2, 0.25) is 0 Å². The molecule has 3 aromatic rings. The number of non-ortho nitro benzene ring substituents is 1. The van der Waals surface area contributed by atoms with Crippen LogP contribution in [-0.4, -0.2) is 68.3 Å². The SMILES string of the molecule is C[N+](C)(CCCNP(=O)(NCCC[N+](C)(C)Cc1ccccc1)Oc1ccc([N+](=O)[O-])cc1)Cc1ccccc1. The molecule has 0 bridgehead atoms. The molecule has 0 aliphatic rings. The van der Waals surface area contributed by atoms with Crippen LogP contribution >= 0.6 is 7.67 Å². The van der Waals surface area contributed by atoms with Gasteiger partial charge in [-0.05, 0) is 12.1 Å². The first kappa shape index (κ1) is 31.5. The van der Waals surface area contributed by atoms with Crippen molar-refractivity contribution in [1.82, 2.24) is 10.2 Å². The molecular weight excluding hydrogens is 525 g/mol. The normalized spacial score (nSPS) is 12.3. The molecule has 0 unspecified atom stereocenters. The molecule has 0 saturated carbocycles. The van der Waals surface area contributed by atoms with Gasteiger partial charge in [0.05, 0.1) is 46.2 Å². The lowest BCUT2D eigenvalue weighted by Crippen LogP contribution is -2.41. The summed E-state index contributed by atoms with van der Waals surface area (Å²) in [4.78, 5) is 10.6. The average Bonchev–Trinajstić information content (AvgIpc) is 2.90. The predicted octanol–water partition coefficient (Wildman–Crippen LogP) is 5.59. The summed E-state index contributed by atoms with van der Waals surface area (Å²) in [6.45, 7) is 4.61. The van der Waals surface area contributed by atoms with Gasteiger partial charge in [0.1, 0.15) is 18.8 Å². The van der Waals surface area contributed by atoms with Crippen molar-refractivity contribution in [2.75, 3.05) is 54.4 Å². The third-order valence-corrected chi connectivity index (χ3v) is 8.46. The highest BCUT2D eigenvalue weighted by Gasteiger charge is 2.26. The molecule has 3 rings (SSSR count). The van der Waals surface area contributed by atoms with E-state index >= 15 is 0 Å². The molecule has 0 radical (unpaired) electrons. The lowest BCUT2D eigenvalue weighted by atomic mass is 10.2. The maximum Gasteiger partial charge on any atom is 0.390 e. The van der Waals surface area contributed by atoms with Crippen LogP contribution in [0.15, 0.2) is 84.9 Å². The van der Waals surface area contributed by atoms with Crippen LogP contribution in [0, 0.1) is 10.1 Å². The van der Waals surface area contributed by atoms with Gasteiger partial charge in [-0.1, -0.05) is 60.7 Å². The number of hydrogen-bond acceptors (Lipinski definition) is 4. The zero-order chi connectivity index (χ0) is 29.1. The average molecular weight is 570 g/mol. The molecule has 9 nitrogen and oxygen atoms in total. The highest BCUT2D eigenvalue weighted by molar-refractivity contribution is 7.55. The smallest absolute Gasteiger partial charge is 0.390 e. The van der Waals surface area contributed by atoms with Crippen molar-refractivity contribution in [1.29, 1.82) is 0 Å². The van der Waals surface area contributed by atoms with Gasteiger partial charge in [0.15, 0.2) is 0 Å². The van der Waals surface area contributed by atoms with Crippen molar-refractivity contribution >= 4 is 13.4 Å². The van der Waals surface area contributed by atoms with Crippen molar-refractivity contribution < 1.29 is 23.0 Å². The van der Waals surface area contributed by atoms with E-state index in [9.17, 15) is 14.7 Å². The first-order valence-corrected chi connectivity index (χ1v) is 15.3. The van der Waals surface area contributed by atoms with Gasteiger partial charge in [0.25, 0.3) is 5.69 Å². The summed E-state index contributed by atoms with van der Waals surface area (Å²) in [6.07, 6.45) is 1.60. The summed E-state index contributed by atoms with van der Waals surface area (Å²) in [5, 5.41) is 17.3. The minimum Gasteiger partial charge on any atom is -0.422 e. The van der Waals surface area contributed by atoms with Crippen LogP contribution in [0.25, 0.3) is 0 Å². The van der Waals surface area contributed by atoms with Crippen LogP contribution in [0.4, 0.5) is 5.69 Å². The van der Waals surface area contributed by atoms with Crippen LogP contribution in [0.2, 0.25) is 0 Å². The summed E-state index contributed by atoms with van der Waals surface area (Å²) < 4.78 is 21.4. The highest BCUT2D eigenvalue weighted by atomic mass is 31.2. The molecule has 216 valence electrons. The maximum atomic E-state index is 13.8. The van der Waals surface area contributed by atoms with E-state index < -0.39 is 12.6 Å². The molecule has 0 saturated heterocycles. The molecule has 0 aromatic heterocycles. The fourth-order valence-electron chi connectivity index (χ4n) is 4.68. The second kappa shape index (κ2) is 14.5. The van der Waals surface area contributed by atoms with Gasteiger partial charge < -0.3 is 13.5 Å². The number of quaternary nitrogens is 2. The first-order chi connectivity index (χ1) is 19.0. The Morgan fingerprint density at radius 1 is 0.725 bits per heavy atom. The monoisotopic (exact) mass is 569 g/mol. The molecule has 0 heterocycles. The highest BCUT2D eigenvalue weighted by Crippen LogP contribution is 2.39. The lowest BCUT2D eigenvalue weighted by Gasteiger charge is -2.31. The van der Waals surface area contributed by atoms with E-state index in [0.29, 0.717) is 18.8 Å². The van der Waals surface area contributed by atoms with Gasteiger partial charge in [-0.15, -0.1) is 0 Å². The molecule has 0 atom stereocenters. The van der Waals surface area contributed by atoms with Crippen LogP contribution in [-0.2, 0) is 17.7 Å². The van der Waals surface area contributed by atoms with Crippen molar-refractivity contribution in [3.63, 3.8) is 0 Å². The molecule has 3 aromatic carbocycles. The van der Waals surface area contributed by atoms with Gasteiger partial charge >= 0.3 is 7.67 Å². The molecule has 0 aliphatic heterocycles. The summed E-state index contributed by atoms with van der Waals surface area (Å²) in [5.41, 5.74) is 2.52. The number of rotatable bonds is 17. The number of benzene rings is 3. The third-order valence-electron chi connectivity index (χ3n) is 6.71. The lowest BCUT2D eigenvalue weighted by molar-refractivity contribution is -0.903. The summed E-state index contributed by atoms with van der Waals surface area (Å²) >= 11 is 0. The van der Waals surface area contributed by atoms with E-state index in [0.717, 1.165) is 48.0 Å². The van der Waals surface area contributed by atoms with Crippen molar-refractivity contribution in [3.05, 3.63) is 106 Å². The Hall–Kier alpha value is -3.07. The molecule has 0 amide bonds. The summed E-state index contributed by atoms with van der Waals surface area (Å²) in [5.74, 6) is 0.314. The minimum atomic E-state index is -3.46. The number of nitro benzene ring substituents is 1. The van der Waals surface area contributed by atoms with Gasteiger partial charge in [-0.3, -0.25) is 10.1 Å². The minimum absolute atomic E-state index is 0.0417. The van der Waals surface area contributed by atoms with E-state index in [1.807, 2.05) is 12.1 Å². The molecule has 10 heteroatoms. The molecule has 0 spiro atoms. The third kappa shape index (κ3) is 11.2. The summed E-state index contributed by atoms with van der Waals surface area (Å²) in [6, 6.07) is 26.4. The Morgan fingerprint density at radius 2 is 1.15 bits per heavy atom. The van der Waals surface area contributed by atoms with Crippen LogP contribution in [0.3, 0.4) is 0 Å². The number of nitrogens with one attached hydrogen (secondary N) is 2. The van der Waals surface area contributed by atoms with Crippen LogP contribution < -0.4 is 14.7 Å².